The zero-order chi connectivity index (χ0) is 15.2. The number of aryl methyl sites for hydroxylation is 1. The maximum Gasteiger partial charge on any atom is 0.134 e. The average Bonchev–Trinajstić information content (AvgIpc) is 2.49. The van der Waals surface area contributed by atoms with Crippen LogP contribution in [0.2, 0.25) is 0 Å². The second kappa shape index (κ2) is 7.41. The summed E-state index contributed by atoms with van der Waals surface area (Å²) in [4.78, 5) is 11.2. The lowest BCUT2D eigenvalue weighted by Gasteiger charge is -2.20. The van der Waals surface area contributed by atoms with Crippen LogP contribution < -0.4 is 10.2 Å². The molecule has 0 spiro atoms. The van der Waals surface area contributed by atoms with Crippen molar-refractivity contribution in [3.8, 4) is 0 Å². The predicted octanol–water partition coefficient (Wildman–Crippen LogP) is 3.87. The van der Waals surface area contributed by atoms with Crippen molar-refractivity contribution in [1.29, 1.82) is 0 Å². The monoisotopic (exact) mass is 348 g/mol. The number of rotatable bonds is 6. The van der Waals surface area contributed by atoms with Crippen LogP contribution in [0.5, 0.6) is 0 Å². The van der Waals surface area contributed by atoms with Gasteiger partial charge in [-0.2, -0.15) is 0 Å². The molecule has 112 valence electrons. The van der Waals surface area contributed by atoms with Crippen LogP contribution in [0.4, 0.5) is 11.6 Å². The Morgan fingerprint density at radius 3 is 2.48 bits per heavy atom. The minimum Gasteiger partial charge on any atom is -0.370 e. The van der Waals surface area contributed by atoms with Crippen LogP contribution in [0.25, 0.3) is 0 Å². The van der Waals surface area contributed by atoms with E-state index < -0.39 is 0 Å². The highest BCUT2D eigenvalue weighted by molar-refractivity contribution is 9.10. The van der Waals surface area contributed by atoms with E-state index in [2.05, 4.69) is 81.3 Å². The Morgan fingerprint density at radius 1 is 1.14 bits per heavy atom. The molecule has 0 bridgehead atoms. The Morgan fingerprint density at radius 2 is 1.86 bits per heavy atom. The van der Waals surface area contributed by atoms with Crippen molar-refractivity contribution >= 4 is 27.6 Å². The van der Waals surface area contributed by atoms with Gasteiger partial charge < -0.3 is 10.2 Å². The molecule has 2 rings (SSSR count). The molecule has 0 atom stereocenters. The first-order chi connectivity index (χ1) is 10.1. The molecule has 0 amide bonds. The SMILES string of the molecule is CCNc1cc(N(C)Cc2ccc(Br)cc2)nc(CC)n1. The van der Waals surface area contributed by atoms with Gasteiger partial charge in [-0.3, -0.25) is 0 Å². The van der Waals surface area contributed by atoms with E-state index in [-0.39, 0.29) is 0 Å². The highest BCUT2D eigenvalue weighted by atomic mass is 79.9. The van der Waals surface area contributed by atoms with E-state index in [4.69, 9.17) is 0 Å². The number of hydrogen-bond donors (Lipinski definition) is 1. The Balaban J connectivity index is 2.19. The van der Waals surface area contributed by atoms with E-state index in [1.165, 1.54) is 5.56 Å². The molecule has 0 aliphatic rings. The quantitative estimate of drug-likeness (QED) is 0.860. The summed E-state index contributed by atoms with van der Waals surface area (Å²) in [7, 11) is 2.06. The van der Waals surface area contributed by atoms with Gasteiger partial charge in [0.1, 0.15) is 17.5 Å². The van der Waals surface area contributed by atoms with E-state index >= 15 is 0 Å². The van der Waals surface area contributed by atoms with Crippen LogP contribution in [0, 0.1) is 0 Å². The molecule has 1 N–H and O–H groups in total. The van der Waals surface area contributed by atoms with E-state index in [0.717, 1.165) is 41.4 Å². The lowest BCUT2D eigenvalue weighted by molar-refractivity contribution is 0.858. The number of halogens is 1. The molecule has 5 heteroatoms. The fraction of sp³-hybridized carbons (Fsp3) is 0.375. The largest absolute Gasteiger partial charge is 0.370 e. The normalized spacial score (nSPS) is 10.5. The Labute approximate surface area is 134 Å². The van der Waals surface area contributed by atoms with E-state index in [0.29, 0.717) is 0 Å². The molecule has 0 aliphatic carbocycles. The summed E-state index contributed by atoms with van der Waals surface area (Å²) in [5, 5.41) is 3.26. The van der Waals surface area contributed by atoms with E-state index in [1.807, 2.05) is 6.07 Å². The van der Waals surface area contributed by atoms with Crippen LogP contribution in [-0.4, -0.2) is 23.6 Å². The lowest BCUT2D eigenvalue weighted by Crippen LogP contribution is -2.19. The van der Waals surface area contributed by atoms with Crippen LogP contribution in [0.15, 0.2) is 34.8 Å². The van der Waals surface area contributed by atoms with Crippen molar-refractivity contribution in [3.63, 3.8) is 0 Å². The van der Waals surface area contributed by atoms with Gasteiger partial charge in [0.2, 0.25) is 0 Å². The minimum atomic E-state index is 0.818. The Kier molecular flexibility index (Phi) is 5.56. The molecule has 1 heterocycles. The first-order valence-electron chi connectivity index (χ1n) is 7.19. The second-order valence-electron chi connectivity index (χ2n) is 4.89. The van der Waals surface area contributed by atoms with Crippen molar-refractivity contribution in [1.82, 2.24) is 9.97 Å². The standard InChI is InChI=1S/C16H21BrN4/c1-4-14-19-15(18-5-2)10-16(20-14)21(3)11-12-6-8-13(17)9-7-12/h6-10H,4-5,11H2,1-3H3,(H,18,19,20). The first-order valence-corrected chi connectivity index (χ1v) is 7.99. The van der Waals surface area contributed by atoms with Crippen molar-refractivity contribution in [2.75, 3.05) is 23.8 Å². The molecule has 0 unspecified atom stereocenters. The fourth-order valence-electron chi connectivity index (χ4n) is 2.05. The first kappa shape index (κ1) is 15.8. The number of hydrogen-bond acceptors (Lipinski definition) is 4. The van der Waals surface area contributed by atoms with E-state index in [1.54, 1.807) is 0 Å². The van der Waals surface area contributed by atoms with Gasteiger partial charge in [-0.15, -0.1) is 0 Å². The van der Waals surface area contributed by atoms with Gasteiger partial charge in [-0.05, 0) is 24.6 Å². The molecule has 0 radical (unpaired) electrons. The number of benzene rings is 1. The molecule has 0 fully saturated rings. The van der Waals surface area contributed by atoms with Crippen LogP contribution in [0.3, 0.4) is 0 Å². The molecular weight excluding hydrogens is 328 g/mol. The van der Waals surface area contributed by atoms with Gasteiger partial charge in [0, 0.05) is 37.1 Å². The van der Waals surface area contributed by atoms with Gasteiger partial charge in [0.25, 0.3) is 0 Å². The summed E-state index contributed by atoms with van der Waals surface area (Å²) in [6, 6.07) is 10.4. The average molecular weight is 349 g/mol. The molecule has 4 nitrogen and oxygen atoms in total. The summed E-state index contributed by atoms with van der Waals surface area (Å²) in [6.45, 7) is 5.82. The smallest absolute Gasteiger partial charge is 0.134 e. The summed E-state index contributed by atoms with van der Waals surface area (Å²) in [6.07, 6.45) is 0.832. The number of nitrogens with one attached hydrogen (secondary N) is 1. The summed E-state index contributed by atoms with van der Waals surface area (Å²) < 4.78 is 1.10. The second-order valence-corrected chi connectivity index (χ2v) is 5.81. The van der Waals surface area contributed by atoms with Crippen LogP contribution in [0.1, 0.15) is 25.2 Å². The van der Waals surface area contributed by atoms with Crippen molar-refractivity contribution in [2.45, 2.75) is 26.8 Å². The molecule has 21 heavy (non-hydrogen) atoms. The maximum atomic E-state index is 4.61. The Bertz CT molecular complexity index is 583. The van der Waals surface area contributed by atoms with Crippen molar-refractivity contribution in [3.05, 3.63) is 46.2 Å². The van der Waals surface area contributed by atoms with Crippen LogP contribution in [-0.2, 0) is 13.0 Å². The third-order valence-corrected chi connectivity index (χ3v) is 3.69. The molecule has 1 aromatic heterocycles. The molecule has 0 saturated heterocycles. The molecule has 0 saturated carbocycles. The zero-order valence-corrected chi connectivity index (χ0v) is 14.3. The highest BCUT2D eigenvalue weighted by Gasteiger charge is 2.08. The van der Waals surface area contributed by atoms with Gasteiger partial charge in [0.15, 0.2) is 0 Å². The topological polar surface area (TPSA) is 41.0 Å². The maximum absolute atomic E-state index is 4.61. The predicted molar refractivity (Wildman–Crippen MR) is 91.8 cm³/mol. The molecular formula is C16H21BrN4. The number of aromatic nitrogens is 2. The summed E-state index contributed by atoms with van der Waals surface area (Å²) in [5.41, 5.74) is 1.25. The van der Waals surface area contributed by atoms with Crippen molar-refractivity contribution in [2.24, 2.45) is 0 Å². The highest BCUT2D eigenvalue weighted by Crippen LogP contribution is 2.18. The third kappa shape index (κ3) is 4.43. The van der Waals surface area contributed by atoms with Gasteiger partial charge >= 0.3 is 0 Å². The summed E-state index contributed by atoms with van der Waals surface area (Å²) >= 11 is 3.46. The number of anilines is 2. The third-order valence-electron chi connectivity index (χ3n) is 3.16. The molecule has 2 aromatic rings. The molecule has 1 aromatic carbocycles. The molecule has 0 aliphatic heterocycles. The summed E-state index contributed by atoms with van der Waals surface area (Å²) in [5.74, 6) is 2.70. The fourth-order valence-corrected chi connectivity index (χ4v) is 2.32. The lowest BCUT2D eigenvalue weighted by atomic mass is 10.2. The van der Waals surface area contributed by atoms with Crippen LogP contribution >= 0.6 is 15.9 Å². The van der Waals surface area contributed by atoms with Gasteiger partial charge in [-0.1, -0.05) is 35.0 Å². The van der Waals surface area contributed by atoms with Crippen molar-refractivity contribution < 1.29 is 0 Å². The minimum absolute atomic E-state index is 0.818. The zero-order valence-electron chi connectivity index (χ0n) is 12.7. The van der Waals surface area contributed by atoms with E-state index in [9.17, 15) is 0 Å². The Hall–Kier alpha value is -1.62. The van der Waals surface area contributed by atoms with Gasteiger partial charge in [-0.25, -0.2) is 9.97 Å². The number of nitrogens with zero attached hydrogens (tertiary/aromatic N) is 3. The van der Waals surface area contributed by atoms with Gasteiger partial charge in [0.05, 0.1) is 0 Å².